The van der Waals surface area contributed by atoms with Crippen molar-refractivity contribution in [1.29, 1.82) is 0 Å². The number of rotatable bonds is 4. The number of hydrogen-bond acceptors (Lipinski definition) is 4. The number of carbonyl (C=O) groups is 1. The van der Waals surface area contributed by atoms with Gasteiger partial charge in [-0.1, -0.05) is 17.7 Å². The first-order valence-electron chi connectivity index (χ1n) is 5.23. The van der Waals surface area contributed by atoms with Crippen molar-refractivity contribution in [2.24, 2.45) is 0 Å². The molecular weight excluding hydrogens is 276 g/mol. The fourth-order valence-electron chi connectivity index (χ4n) is 1.57. The lowest BCUT2D eigenvalue weighted by Crippen LogP contribution is -2.37. The molecule has 0 radical (unpaired) electrons. The first kappa shape index (κ1) is 14.8. The summed E-state index contributed by atoms with van der Waals surface area (Å²) >= 11 is 5.88. The zero-order valence-electron chi connectivity index (χ0n) is 10.1. The topological polar surface area (TPSA) is 89.3 Å². The maximum absolute atomic E-state index is 11.9. The lowest BCUT2D eigenvalue weighted by Gasteiger charge is -2.14. The Morgan fingerprint density at radius 1 is 1.50 bits per heavy atom. The van der Waals surface area contributed by atoms with E-state index in [0.29, 0.717) is 0 Å². The van der Waals surface area contributed by atoms with Gasteiger partial charge in [0.1, 0.15) is 9.84 Å². The molecule has 0 spiro atoms. The minimum absolute atomic E-state index is 0.136. The third kappa shape index (κ3) is 4.19. The van der Waals surface area contributed by atoms with E-state index >= 15 is 0 Å². The van der Waals surface area contributed by atoms with Crippen LogP contribution in [0.2, 0.25) is 5.02 Å². The molecule has 100 valence electrons. The molecule has 1 unspecified atom stereocenters. The van der Waals surface area contributed by atoms with Crippen LogP contribution in [0.4, 0.5) is 5.69 Å². The van der Waals surface area contributed by atoms with E-state index in [1.54, 1.807) is 25.1 Å². The number of nitrogens with two attached hydrogens (primary N) is 1. The van der Waals surface area contributed by atoms with Crippen molar-refractivity contribution in [2.75, 3.05) is 17.7 Å². The highest BCUT2D eigenvalue weighted by Gasteiger charge is 2.18. The van der Waals surface area contributed by atoms with Crippen LogP contribution in [-0.4, -0.2) is 32.4 Å². The second-order valence-electron chi connectivity index (χ2n) is 4.17. The number of benzene rings is 1. The van der Waals surface area contributed by atoms with Crippen molar-refractivity contribution in [3.8, 4) is 0 Å². The predicted molar refractivity (Wildman–Crippen MR) is 72.5 cm³/mol. The number of hydrogen-bond donors (Lipinski definition) is 2. The summed E-state index contributed by atoms with van der Waals surface area (Å²) < 4.78 is 22.2. The van der Waals surface area contributed by atoms with Gasteiger partial charge in [-0.25, -0.2) is 8.42 Å². The second kappa shape index (κ2) is 5.58. The maximum atomic E-state index is 11.9. The summed E-state index contributed by atoms with van der Waals surface area (Å²) in [5.41, 5.74) is 6.08. The fourth-order valence-corrected chi connectivity index (χ4v) is 2.83. The SMILES string of the molecule is CC(CS(C)(=O)=O)NC(=O)c1c(N)cccc1Cl. The number of nitrogen functional groups attached to an aromatic ring is 1. The van der Waals surface area contributed by atoms with Crippen molar-refractivity contribution in [3.63, 3.8) is 0 Å². The Bertz CT molecular complexity index is 537. The van der Waals surface area contributed by atoms with E-state index in [1.807, 2.05) is 0 Å². The normalized spacial score (nSPS) is 13.1. The average molecular weight is 291 g/mol. The molecule has 1 aromatic carbocycles. The Morgan fingerprint density at radius 2 is 2.11 bits per heavy atom. The number of sulfone groups is 1. The van der Waals surface area contributed by atoms with Gasteiger partial charge in [-0.3, -0.25) is 4.79 Å². The lowest BCUT2D eigenvalue weighted by molar-refractivity contribution is 0.0944. The van der Waals surface area contributed by atoms with Crippen molar-refractivity contribution in [3.05, 3.63) is 28.8 Å². The van der Waals surface area contributed by atoms with E-state index in [1.165, 1.54) is 0 Å². The predicted octanol–water partition coefficient (Wildman–Crippen LogP) is 1.09. The molecule has 0 aromatic heterocycles. The number of halogens is 1. The molecule has 0 bridgehead atoms. The molecule has 1 amide bonds. The molecular formula is C11H15ClN2O3S. The van der Waals surface area contributed by atoms with Gasteiger partial charge in [0.15, 0.2) is 0 Å². The summed E-state index contributed by atoms with van der Waals surface area (Å²) in [6.07, 6.45) is 1.11. The minimum Gasteiger partial charge on any atom is -0.398 e. The monoisotopic (exact) mass is 290 g/mol. The number of carbonyl (C=O) groups excluding carboxylic acids is 1. The molecule has 0 saturated heterocycles. The number of anilines is 1. The molecule has 18 heavy (non-hydrogen) atoms. The van der Waals surface area contributed by atoms with Gasteiger partial charge in [0.25, 0.3) is 5.91 Å². The molecule has 7 heteroatoms. The van der Waals surface area contributed by atoms with E-state index < -0.39 is 21.8 Å². The van der Waals surface area contributed by atoms with E-state index in [4.69, 9.17) is 17.3 Å². The number of nitrogens with one attached hydrogen (secondary N) is 1. The summed E-state index contributed by atoms with van der Waals surface area (Å²) in [6.45, 7) is 1.60. The van der Waals surface area contributed by atoms with Gasteiger partial charge in [0, 0.05) is 18.0 Å². The zero-order chi connectivity index (χ0) is 13.9. The lowest BCUT2D eigenvalue weighted by atomic mass is 10.1. The summed E-state index contributed by atoms with van der Waals surface area (Å²) in [6, 6.07) is 4.23. The smallest absolute Gasteiger partial charge is 0.255 e. The molecule has 3 N–H and O–H groups in total. The van der Waals surface area contributed by atoms with Crippen molar-refractivity contribution < 1.29 is 13.2 Å². The molecule has 5 nitrogen and oxygen atoms in total. The van der Waals surface area contributed by atoms with Gasteiger partial charge in [0.05, 0.1) is 16.3 Å². The maximum Gasteiger partial charge on any atom is 0.255 e. The van der Waals surface area contributed by atoms with Crippen molar-refractivity contribution in [1.82, 2.24) is 5.32 Å². The van der Waals surface area contributed by atoms with Crippen LogP contribution in [0, 0.1) is 0 Å². The van der Waals surface area contributed by atoms with E-state index in [0.717, 1.165) is 6.26 Å². The molecule has 1 atom stereocenters. The van der Waals surface area contributed by atoms with Gasteiger partial charge in [-0.05, 0) is 19.1 Å². The summed E-state index contributed by atoms with van der Waals surface area (Å²) in [7, 11) is -3.15. The minimum atomic E-state index is -3.15. The molecule has 1 rings (SSSR count). The Labute approximate surface area is 111 Å². The molecule has 0 aliphatic rings. The summed E-state index contributed by atoms with van der Waals surface area (Å²) in [5, 5.41) is 2.79. The second-order valence-corrected chi connectivity index (χ2v) is 6.76. The summed E-state index contributed by atoms with van der Waals surface area (Å²) in [4.78, 5) is 11.9. The molecule has 0 heterocycles. The van der Waals surface area contributed by atoms with Crippen LogP contribution in [-0.2, 0) is 9.84 Å². The largest absolute Gasteiger partial charge is 0.398 e. The van der Waals surface area contributed by atoms with Gasteiger partial charge in [-0.2, -0.15) is 0 Å². The van der Waals surface area contributed by atoms with Gasteiger partial charge < -0.3 is 11.1 Å². The quantitative estimate of drug-likeness (QED) is 0.812. The molecule has 0 aliphatic carbocycles. The Hall–Kier alpha value is -1.27. The van der Waals surface area contributed by atoms with Crippen LogP contribution in [0.15, 0.2) is 18.2 Å². The first-order valence-corrected chi connectivity index (χ1v) is 7.67. The Morgan fingerprint density at radius 3 is 2.61 bits per heavy atom. The van der Waals surface area contributed by atoms with E-state index in [9.17, 15) is 13.2 Å². The van der Waals surface area contributed by atoms with Crippen LogP contribution in [0.25, 0.3) is 0 Å². The fraction of sp³-hybridized carbons (Fsp3) is 0.364. The van der Waals surface area contributed by atoms with Crippen LogP contribution in [0.3, 0.4) is 0 Å². The standard InChI is InChI=1S/C11H15ClN2O3S/c1-7(6-18(2,16)17)14-11(15)10-8(12)4-3-5-9(10)13/h3-5,7H,6,13H2,1-2H3,(H,14,15). The Balaban J connectivity index is 2.83. The number of amides is 1. The van der Waals surface area contributed by atoms with Gasteiger partial charge >= 0.3 is 0 Å². The third-order valence-corrected chi connectivity index (χ3v) is 3.62. The van der Waals surface area contributed by atoms with Crippen molar-refractivity contribution >= 4 is 33.0 Å². The average Bonchev–Trinajstić information content (AvgIpc) is 2.13. The Kier molecular flexibility index (Phi) is 4.59. The van der Waals surface area contributed by atoms with Crippen molar-refractivity contribution in [2.45, 2.75) is 13.0 Å². The third-order valence-electron chi connectivity index (χ3n) is 2.20. The van der Waals surface area contributed by atoms with Crippen LogP contribution < -0.4 is 11.1 Å². The molecule has 0 fully saturated rings. The van der Waals surface area contributed by atoms with Crippen LogP contribution in [0.5, 0.6) is 0 Å². The highest BCUT2D eigenvalue weighted by atomic mass is 35.5. The van der Waals surface area contributed by atoms with E-state index in [2.05, 4.69) is 5.32 Å². The highest BCUT2D eigenvalue weighted by molar-refractivity contribution is 7.90. The van der Waals surface area contributed by atoms with Crippen LogP contribution in [0.1, 0.15) is 17.3 Å². The van der Waals surface area contributed by atoms with E-state index in [-0.39, 0.29) is 22.0 Å². The first-order chi connectivity index (χ1) is 8.20. The zero-order valence-corrected chi connectivity index (χ0v) is 11.7. The molecule has 0 saturated carbocycles. The molecule has 0 aliphatic heterocycles. The summed E-state index contributed by atoms with van der Waals surface area (Å²) in [5.74, 6) is -0.613. The highest BCUT2D eigenvalue weighted by Crippen LogP contribution is 2.21. The molecule has 1 aromatic rings. The van der Waals surface area contributed by atoms with Gasteiger partial charge in [0.2, 0.25) is 0 Å². The van der Waals surface area contributed by atoms with Gasteiger partial charge in [-0.15, -0.1) is 0 Å². The van der Waals surface area contributed by atoms with Crippen LogP contribution >= 0.6 is 11.6 Å².